The molecular weight excluding hydrogens is 506 g/mol. The van der Waals surface area contributed by atoms with Crippen LogP contribution in [0.15, 0.2) is 59.0 Å². The predicted molar refractivity (Wildman–Crippen MR) is 117 cm³/mol. The average molecular weight is 517 g/mol. The van der Waals surface area contributed by atoms with E-state index >= 15 is 0 Å². The molecule has 4 nitrogen and oxygen atoms in total. The Morgan fingerprint density at radius 1 is 1.04 bits per heavy atom. The largest absolute Gasteiger partial charge is 0.451 e. The van der Waals surface area contributed by atoms with Crippen LogP contribution in [0.2, 0.25) is 10.0 Å². The molecule has 0 radical (unpaired) electrons. The molecule has 1 aromatic heterocycles. The van der Waals surface area contributed by atoms with Crippen LogP contribution in [0.1, 0.15) is 10.6 Å². The molecule has 3 rings (SSSR count). The molecule has 0 aliphatic carbocycles. The molecule has 2 N–H and O–H groups in total. The molecule has 0 fully saturated rings. The molecule has 0 unspecified atom stereocenters. The number of anilines is 1. The van der Waals surface area contributed by atoms with Crippen molar-refractivity contribution in [1.29, 1.82) is 0 Å². The fourth-order valence-corrected chi connectivity index (χ4v) is 3.23. The molecule has 0 saturated carbocycles. The average Bonchev–Trinajstić information content (AvgIpc) is 3.07. The number of halogens is 3. The third-order valence-corrected chi connectivity index (χ3v) is 4.83. The number of carbonyl (C=O) groups is 1. The number of thiocarbonyl (C=S) groups is 1. The molecular formula is C18H11Cl2IN2O2S. The van der Waals surface area contributed by atoms with Gasteiger partial charge in [0, 0.05) is 19.8 Å². The summed E-state index contributed by atoms with van der Waals surface area (Å²) in [5.41, 5.74) is 1.43. The zero-order valence-electron chi connectivity index (χ0n) is 13.1. The number of amides is 1. The summed E-state index contributed by atoms with van der Waals surface area (Å²) in [7, 11) is 0. The SMILES string of the molecule is O=C(NC(=S)Nc1ccc(I)cc1)c1ccc(-c2ccc(Cl)cc2Cl)o1. The number of furan rings is 1. The quantitative estimate of drug-likeness (QED) is 0.332. The fourth-order valence-electron chi connectivity index (χ4n) is 2.15. The van der Waals surface area contributed by atoms with Crippen LogP contribution < -0.4 is 10.6 Å². The van der Waals surface area contributed by atoms with Crippen LogP contribution in [0.3, 0.4) is 0 Å². The second-order valence-electron chi connectivity index (χ2n) is 5.20. The van der Waals surface area contributed by atoms with E-state index in [1.54, 1.807) is 30.3 Å². The minimum atomic E-state index is -0.454. The zero-order chi connectivity index (χ0) is 18.7. The lowest BCUT2D eigenvalue weighted by Crippen LogP contribution is -2.33. The van der Waals surface area contributed by atoms with Crippen molar-refractivity contribution in [3.05, 3.63) is 74.0 Å². The van der Waals surface area contributed by atoms with E-state index in [0.29, 0.717) is 21.4 Å². The number of hydrogen-bond acceptors (Lipinski definition) is 3. The van der Waals surface area contributed by atoms with E-state index in [1.165, 1.54) is 0 Å². The topological polar surface area (TPSA) is 54.3 Å². The van der Waals surface area contributed by atoms with Crippen molar-refractivity contribution in [3.63, 3.8) is 0 Å². The molecule has 0 saturated heterocycles. The van der Waals surface area contributed by atoms with Crippen LogP contribution in [0.5, 0.6) is 0 Å². The van der Waals surface area contributed by atoms with E-state index in [4.69, 9.17) is 39.8 Å². The Morgan fingerprint density at radius 3 is 2.46 bits per heavy atom. The van der Waals surface area contributed by atoms with E-state index < -0.39 is 5.91 Å². The highest BCUT2D eigenvalue weighted by Gasteiger charge is 2.15. The molecule has 2 aromatic carbocycles. The molecule has 0 aliphatic rings. The molecule has 8 heteroatoms. The molecule has 132 valence electrons. The van der Waals surface area contributed by atoms with Gasteiger partial charge in [-0.15, -0.1) is 0 Å². The van der Waals surface area contributed by atoms with Crippen molar-refractivity contribution in [2.45, 2.75) is 0 Å². The lowest BCUT2D eigenvalue weighted by Gasteiger charge is -2.08. The summed E-state index contributed by atoms with van der Waals surface area (Å²) in [5.74, 6) is 0.135. The van der Waals surface area contributed by atoms with Gasteiger partial charge in [-0.3, -0.25) is 10.1 Å². The first-order chi connectivity index (χ1) is 12.4. The molecule has 3 aromatic rings. The van der Waals surface area contributed by atoms with E-state index in [0.717, 1.165) is 9.26 Å². The van der Waals surface area contributed by atoms with Crippen molar-refractivity contribution in [2.24, 2.45) is 0 Å². The molecule has 0 bridgehead atoms. The Hall–Kier alpha value is -1.61. The van der Waals surface area contributed by atoms with E-state index in [9.17, 15) is 4.79 Å². The summed E-state index contributed by atoms with van der Waals surface area (Å²) in [6, 6.07) is 15.9. The Balaban J connectivity index is 1.68. The second-order valence-corrected chi connectivity index (χ2v) is 7.70. The lowest BCUT2D eigenvalue weighted by molar-refractivity contribution is 0.0951. The highest BCUT2D eigenvalue weighted by Crippen LogP contribution is 2.31. The van der Waals surface area contributed by atoms with Gasteiger partial charge in [0.15, 0.2) is 10.9 Å². The first-order valence-electron chi connectivity index (χ1n) is 7.35. The van der Waals surface area contributed by atoms with Gasteiger partial charge in [-0.25, -0.2) is 0 Å². The molecule has 0 spiro atoms. The molecule has 0 atom stereocenters. The monoisotopic (exact) mass is 516 g/mol. The first kappa shape index (κ1) is 19.2. The third kappa shape index (κ3) is 4.76. The highest BCUT2D eigenvalue weighted by atomic mass is 127. The van der Waals surface area contributed by atoms with Gasteiger partial charge in [-0.1, -0.05) is 23.2 Å². The fraction of sp³-hybridized carbons (Fsp3) is 0. The maximum Gasteiger partial charge on any atom is 0.293 e. The number of rotatable bonds is 3. The summed E-state index contributed by atoms with van der Waals surface area (Å²) in [5, 5.41) is 6.66. The van der Waals surface area contributed by atoms with Crippen molar-refractivity contribution in [3.8, 4) is 11.3 Å². The van der Waals surface area contributed by atoms with Crippen molar-refractivity contribution < 1.29 is 9.21 Å². The highest BCUT2D eigenvalue weighted by molar-refractivity contribution is 14.1. The smallest absolute Gasteiger partial charge is 0.293 e. The Kier molecular flexibility index (Phi) is 6.18. The molecule has 1 amide bonds. The Bertz CT molecular complexity index is 974. The Labute approximate surface area is 179 Å². The molecule has 26 heavy (non-hydrogen) atoms. The number of benzene rings is 2. The van der Waals surface area contributed by atoms with Gasteiger partial charge in [-0.05, 0) is 89.4 Å². The standard InChI is InChI=1S/C18H11Cl2IN2O2S/c19-10-1-6-13(14(20)9-10)15-7-8-16(25-15)17(24)23-18(26)22-12-4-2-11(21)3-5-12/h1-9H,(H2,22,23,24,26). The third-order valence-electron chi connectivity index (χ3n) is 3.36. The van der Waals surface area contributed by atoms with Gasteiger partial charge < -0.3 is 9.73 Å². The van der Waals surface area contributed by atoms with Crippen LogP contribution >= 0.6 is 58.0 Å². The van der Waals surface area contributed by atoms with E-state index in [-0.39, 0.29) is 10.9 Å². The normalized spacial score (nSPS) is 10.4. The zero-order valence-corrected chi connectivity index (χ0v) is 17.5. The Morgan fingerprint density at radius 2 is 1.77 bits per heavy atom. The van der Waals surface area contributed by atoms with Crippen LogP contribution in [-0.2, 0) is 0 Å². The number of nitrogens with one attached hydrogen (secondary N) is 2. The minimum absolute atomic E-state index is 0.123. The van der Waals surface area contributed by atoms with Gasteiger partial charge >= 0.3 is 0 Å². The predicted octanol–water partition coefficient (Wildman–Crippen LogP) is 5.98. The second kappa shape index (κ2) is 8.39. The maximum atomic E-state index is 12.3. The van der Waals surface area contributed by atoms with Crippen LogP contribution in [0.25, 0.3) is 11.3 Å². The number of hydrogen-bond donors (Lipinski definition) is 2. The van der Waals surface area contributed by atoms with Gasteiger partial charge in [-0.2, -0.15) is 0 Å². The maximum absolute atomic E-state index is 12.3. The van der Waals surface area contributed by atoms with Crippen molar-refractivity contribution >= 4 is 74.7 Å². The van der Waals surface area contributed by atoms with Gasteiger partial charge in [0.2, 0.25) is 0 Å². The summed E-state index contributed by atoms with van der Waals surface area (Å²) in [6.45, 7) is 0. The van der Waals surface area contributed by atoms with E-state index in [1.807, 2.05) is 24.3 Å². The molecule has 1 heterocycles. The lowest BCUT2D eigenvalue weighted by atomic mass is 10.2. The van der Waals surface area contributed by atoms with Crippen LogP contribution in [-0.4, -0.2) is 11.0 Å². The summed E-state index contributed by atoms with van der Waals surface area (Å²) < 4.78 is 6.69. The van der Waals surface area contributed by atoms with E-state index in [2.05, 4.69) is 33.2 Å². The number of carbonyl (C=O) groups excluding carboxylic acids is 1. The van der Waals surface area contributed by atoms with Crippen LogP contribution in [0, 0.1) is 3.57 Å². The van der Waals surface area contributed by atoms with Gasteiger partial charge in [0.25, 0.3) is 5.91 Å². The van der Waals surface area contributed by atoms with Crippen molar-refractivity contribution in [2.75, 3.05) is 5.32 Å². The van der Waals surface area contributed by atoms with Crippen molar-refractivity contribution in [1.82, 2.24) is 5.32 Å². The summed E-state index contributed by atoms with van der Waals surface area (Å²) in [4.78, 5) is 12.3. The first-order valence-corrected chi connectivity index (χ1v) is 9.60. The summed E-state index contributed by atoms with van der Waals surface area (Å²) in [6.07, 6.45) is 0. The van der Waals surface area contributed by atoms with Crippen LogP contribution in [0.4, 0.5) is 5.69 Å². The molecule has 0 aliphatic heterocycles. The minimum Gasteiger partial charge on any atom is -0.451 e. The summed E-state index contributed by atoms with van der Waals surface area (Å²) >= 11 is 19.4. The van der Waals surface area contributed by atoms with Gasteiger partial charge in [0.05, 0.1) is 5.02 Å². The van der Waals surface area contributed by atoms with Gasteiger partial charge in [0.1, 0.15) is 5.76 Å².